The summed E-state index contributed by atoms with van der Waals surface area (Å²) in [4.78, 5) is 0. The third-order valence-electron chi connectivity index (χ3n) is 4.49. The summed E-state index contributed by atoms with van der Waals surface area (Å²) in [6, 6.07) is 4.32. The molecule has 0 spiro atoms. The number of nitrogens with one attached hydrogen (secondary N) is 1. The van der Waals surface area contributed by atoms with Crippen molar-refractivity contribution in [3.63, 3.8) is 0 Å². The molecule has 0 amide bonds. The van der Waals surface area contributed by atoms with E-state index < -0.39 is 0 Å². The molecule has 1 saturated carbocycles. The van der Waals surface area contributed by atoms with E-state index in [0.29, 0.717) is 17.5 Å². The van der Waals surface area contributed by atoms with Crippen molar-refractivity contribution in [2.24, 2.45) is 5.92 Å². The van der Waals surface area contributed by atoms with E-state index in [-0.39, 0.29) is 5.75 Å². The molecule has 1 aliphatic rings. The number of aromatic hydroxyl groups is 1. The Morgan fingerprint density at radius 1 is 1.19 bits per heavy atom. The van der Waals surface area contributed by atoms with Gasteiger partial charge in [-0.2, -0.15) is 0 Å². The van der Waals surface area contributed by atoms with Gasteiger partial charge in [0.1, 0.15) is 0 Å². The van der Waals surface area contributed by atoms with Gasteiger partial charge in [0.15, 0.2) is 11.5 Å². The van der Waals surface area contributed by atoms with Crippen molar-refractivity contribution >= 4 is 0 Å². The topological polar surface area (TPSA) is 50.7 Å². The zero-order valence-electron chi connectivity index (χ0n) is 13.3. The van der Waals surface area contributed by atoms with Crippen LogP contribution in [0.15, 0.2) is 12.1 Å². The number of hydrogen-bond acceptors (Lipinski definition) is 4. The molecule has 4 nitrogen and oxygen atoms in total. The van der Waals surface area contributed by atoms with Crippen LogP contribution in [0.25, 0.3) is 0 Å². The zero-order valence-corrected chi connectivity index (χ0v) is 13.3. The van der Waals surface area contributed by atoms with Crippen LogP contribution in [-0.2, 0) is 6.54 Å². The van der Waals surface area contributed by atoms with Crippen LogP contribution in [0.2, 0.25) is 0 Å². The lowest BCUT2D eigenvalue weighted by Crippen LogP contribution is -2.33. The van der Waals surface area contributed by atoms with E-state index in [0.717, 1.165) is 18.0 Å². The SMILES string of the molecule is CCC1CCCC(NCc2cc(OC)c(O)c(OC)c2)C1. The summed E-state index contributed by atoms with van der Waals surface area (Å²) in [5.74, 6) is 1.84. The summed E-state index contributed by atoms with van der Waals surface area (Å²) in [6.07, 6.45) is 6.48. The molecule has 0 radical (unpaired) electrons. The van der Waals surface area contributed by atoms with Crippen LogP contribution in [0.4, 0.5) is 0 Å². The fourth-order valence-electron chi connectivity index (χ4n) is 3.16. The molecule has 21 heavy (non-hydrogen) atoms. The molecule has 118 valence electrons. The summed E-state index contributed by atoms with van der Waals surface area (Å²) in [7, 11) is 3.11. The first kappa shape index (κ1) is 16.0. The largest absolute Gasteiger partial charge is 0.502 e. The van der Waals surface area contributed by atoms with Crippen molar-refractivity contribution < 1.29 is 14.6 Å². The van der Waals surface area contributed by atoms with Gasteiger partial charge < -0.3 is 19.9 Å². The van der Waals surface area contributed by atoms with Gasteiger partial charge in [0.05, 0.1) is 14.2 Å². The Labute approximate surface area is 127 Å². The Morgan fingerprint density at radius 2 is 1.86 bits per heavy atom. The second-order valence-electron chi connectivity index (χ2n) is 5.87. The minimum atomic E-state index is 0.0625. The Hall–Kier alpha value is -1.42. The highest BCUT2D eigenvalue weighted by Crippen LogP contribution is 2.37. The minimum absolute atomic E-state index is 0.0625. The highest BCUT2D eigenvalue weighted by Gasteiger charge is 2.20. The lowest BCUT2D eigenvalue weighted by Gasteiger charge is -2.29. The maximum atomic E-state index is 9.93. The number of ether oxygens (including phenoxy) is 2. The molecular weight excluding hydrogens is 266 g/mol. The van der Waals surface area contributed by atoms with Crippen LogP contribution in [-0.4, -0.2) is 25.4 Å². The van der Waals surface area contributed by atoms with Gasteiger partial charge in [0.25, 0.3) is 0 Å². The van der Waals surface area contributed by atoms with Crippen LogP contribution in [0.3, 0.4) is 0 Å². The molecule has 0 aromatic heterocycles. The van der Waals surface area contributed by atoms with Gasteiger partial charge >= 0.3 is 0 Å². The molecule has 1 aliphatic carbocycles. The number of phenolic OH excluding ortho intramolecular Hbond substituents is 1. The van der Waals surface area contributed by atoms with Gasteiger partial charge in [0, 0.05) is 12.6 Å². The monoisotopic (exact) mass is 293 g/mol. The van der Waals surface area contributed by atoms with Crippen molar-refractivity contribution in [1.29, 1.82) is 0 Å². The van der Waals surface area contributed by atoms with Crippen molar-refractivity contribution in [3.05, 3.63) is 17.7 Å². The fourth-order valence-corrected chi connectivity index (χ4v) is 3.16. The average molecular weight is 293 g/mol. The lowest BCUT2D eigenvalue weighted by molar-refractivity contribution is 0.278. The normalized spacial score (nSPS) is 22.0. The van der Waals surface area contributed by atoms with Crippen LogP contribution < -0.4 is 14.8 Å². The molecule has 0 bridgehead atoms. The van der Waals surface area contributed by atoms with Crippen LogP contribution >= 0.6 is 0 Å². The number of hydrogen-bond donors (Lipinski definition) is 2. The molecule has 2 N–H and O–H groups in total. The highest BCUT2D eigenvalue weighted by molar-refractivity contribution is 5.52. The number of benzene rings is 1. The van der Waals surface area contributed by atoms with E-state index in [1.807, 2.05) is 12.1 Å². The Kier molecular flexibility index (Phi) is 5.74. The zero-order chi connectivity index (χ0) is 15.2. The Balaban J connectivity index is 1.99. The maximum absolute atomic E-state index is 9.93. The van der Waals surface area contributed by atoms with Crippen LogP contribution in [0.5, 0.6) is 17.2 Å². The van der Waals surface area contributed by atoms with Gasteiger partial charge in [-0.1, -0.05) is 26.2 Å². The van der Waals surface area contributed by atoms with Crippen molar-refractivity contribution in [3.8, 4) is 17.2 Å². The first-order valence-corrected chi connectivity index (χ1v) is 7.85. The summed E-state index contributed by atoms with van der Waals surface area (Å²) in [5.41, 5.74) is 1.07. The predicted octanol–water partition coefficient (Wildman–Crippen LogP) is 3.47. The fraction of sp³-hybridized carbons (Fsp3) is 0.647. The van der Waals surface area contributed by atoms with Gasteiger partial charge in [-0.25, -0.2) is 0 Å². The van der Waals surface area contributed by atoms with E-state index in [2.05, 4.69) is 12.2 Å². The summed E-state index contributed by atoms with van der Waals surface area (Å²) >= 11 is 0. The van der Waals surface area contributed by atoms with E-state index in [4.69, 9.17) is 9.47 Å². The first-order valence-electron chi connectivity index (χ1n) is 7.85. The molecule has 2 atom stereocenters. The minimum Gasteiger partial charge on any atom is -0.502 e. The molecular formula is C17H27NO3. The van der Waals surface area contributed by atoms with E-state index in [1.54, 1.807) is 14.2 Å². The smallest absolute Gasteiger partial charge is 0.200 e. The number of rotatable bonds is 6. The predicted molar refractivity (Wildman–Crippen MR) is 84.1 cm³/mol. The molecule has 4 heteroatoms. The maximum Gasteiger partial charge on any atom is 0.200 e. The van der Waals surface area contributed by atoms with E-state index in [1.165, 1.54) is 32.1 Å². The molecule has 0 aliphatic heterocycles. The quantitative estimate of drug-likeness (QED) is 0.843. The van der Waals surface area contributed by atoms with Gasteiger partial charge in [-0.3, -0.25) is 0 Å². The molecule has 1 aromatic carbocycles. The molecule has 2 unspecified atom stereocenters. The Morgan fingerprint density at radius 3 is 2.43 bits per heavy atom. The van der Waals surface area contributed by atoms with Crippen LogP contribution in [0, 0.1) is 5.92 Å². The van der Waals surface area contributed by atoms with Gasteiger partial charge in [-0.15, -0.1) is 0 Å². The molecule has 2 rings (SSSR count). The molecule has 1 aromatic rings. The third-order valence-corrected chi connectivity index (χ3v) is 4.49. The standard InChI is InChI=1S/C17H27NO3/c1-4-12-6-5-7-14(8-12)18-11-13-9-15(20-2)17(19)16(10-13)21-3/h9-10,12,14,18-19H,4-8,11H2,1-3H3. The van der Waals surface area contributed by atoms with E-state index in [9.17, 15) is 5.11 Å². The summed E-state index contributed by atoms with van der Waals surface area (Å²) in [6.45, 7) is 3.05. The van der Waals surface area contributed by atoms with Crippen molar-refractivity contribution in [1.82, 2.24) is 5.32 Å². The third kappa shape index (κ3) is 4.03. The second kappa shape index (κ2) is 7.55. The number of phenols is 1. The highest BCUT2D eigenvalue weighted by atomic mass is 16.5. The first-order chi connectivity index (χ1) is 10.2. The molecule has 0 heterocycles. The summed E-state index contributed by atoms with van der Waals surface area (Å²) < 4.78 is 10.4. The van der Waals surface area contributed by atoms with Gasteiger partial charge in [-0.05, 0) is 36.5 Å². The van der Waals surface area contributed by atoms with Gasteiger partial charge in [0.2, 0.25) is 5.75 Å². The van der Waals surface area contributed by atoms with E-state index >= 15 is 0 Å². The number of methoxy groups -OCH3 is 2. The lowest BCUT2D eigenvalue weighted by atomic mass is 9.84. The van der Waals surface area contributed by atoms with Crippen molar-refractivity contribution in [2.75, 3.05) is 14.2 Å². The summed E-state index contributed by atoms with van der Waals surface area (Å²) in [5, 5.41) is 13.6. The van der Waals surface area contributed by atoms with Crippen LogP contribution in [0.1, 0.15) is 44.6 Å². The second-order valence-corrected chi connectivity index (χ2v) is 5.87. The molecule has 0 saturated heterocycles. The Bertz CT molecular complexity index is 436. The average Bonchev–Trinajstić information content (AvgIpc) is 2.54. The molecule has 1 fully saturated rings. The van der Waals surface area contributed by atoms with Crippen molar-refractivity contribution in [2.45, 2.75) is 51.6 Å².